The summed E-state index contributed by atoms with van der Waals surface area (Å²) in [7, 11) is -3.49. The molecule has 2 rings (SSSR count). The van der Waals surface area contributed by atoms with Crippen LogP contribution in [0, 0.1) is 12.3 Å². The van der Waals surface area contributed by atoms with E-state index in [1.54, 1.807) is 12.1 Å². The fourth-order valence-electron chi connectivity index (χ4n) is 2.09. The quantitative estimate of drug-likeness (QED) is 0.646. The van der Waals surface area contributed by atoms with Gasteiger partial charge in [-0.3, -0.25) is 4.90 Å². The minimum absolute atomic E-state index is 0.226. The topological polar surface area (TPSA) is 66.6 Å². The highest BCUT2D eigenvalue weighted by Gasteiger charge is 2.28. The van der Waals surface area contributed by atoms with Gasteiger partial charge in [0.2, 0.25) is 10.0 Å². The Kier molecular flexibility index (Phi) is 4.70. The molecule has 108 valence electrons. The molecule has 2 N–H and O–H groups in total. The summed E-state index contributed by atoms with van der Waals surface area (Å²) in [4.78, 5) is 2.28. The van der Waals surface area contributed by atoms with Crippen molar-refractivity contribution in [2.75, 3.05) is 38.5 Å². The Balaban J connectivity index is 2.16. The summed E-state index contributed by atoms with van der Waals surface area (Å²) in [5.74, 6) is 2.57. The summed E-state index contributed by atoms with van der Waals surface area (Å²) in [5.41, 5.74) is 6.16. The summed E-state index contributed by atoms with van der Waals surface area (Å²) in [5, 5.41) is 0. The normalized spacial score (nSPS) is 17.8. The Morgan fingerprint density at radius 3 is 2.50 bits per heavy atom. The van der Waals surface area contributed by atoms with E-state index in [1.165, 1.54) is 10.4 Å². The molecule has 1 fully saturated rings. The summed E-state index contributed by atoms with van der Waals surface area (Å²) < 4.78 is 27.2. The third-order valence-corrected chi connectivity index (χ3v) is 5.87. The number of halogens is 1. The van der Waals surface area contributed by atoms with Gasteiger partial charge in [-0.05, 0) is 34.1 Å². The van der Waals surface area contributed by atoms with E-state index in [-0.39, 0.29) is 4.90 Å². The molecule has 0 spiro atoms. The van der Waals surface area contributed by atoms with Gasteiger partial charge in [-0.15, -0.1) is 6.42 Å². The molecular weight excluding hydrogens is 342 g/mol. The number of rotatable bonds is 3. The van der Waals surface area contributed by atoms with Crippen molar-refractivity contribution >= 4 is 31.6 Å². The number of nitrogens with zero attached hydrogens (tertiary/aromatic N) is 2. The first-order valence-corrected chi connectivity index (χ1v) is 8.39. The van der Waals surface area contributed by atoms with Crippen LogP contribution in [-0.2, 0) is 10.0 Å². The van der Waals surface area contributed by atoms with Crippen molar-refractivity contribution in [1.29, 1.82) is 0 Å². The van der Waals surface area contributed by atoms with Gasteiger partial charge in [0.25, 0.3) is 0 Å². The lowest BCUT2D eigenvalue weighted by Crippen LogP contribution is -2.48. The first-order valence-electron chi connectivity index (χ1n) is 6.16. The molecule has 0 saturated carbocycles. The van der Waals surface area contributed by atoms with Crippen LogP contribution in [0.2, 0.25) is 0 Å². The van der Waals surface area contributed by atoms with Gasteiger partial charge < -0.3 is 5.73 Å². The molecule has 0 bridgehead atoms. The molecule has 1 aliphatic heterocycles. The number of piperazine rings is 1. The first kappa shape index (κ1) is 15.3. The maximum atomic E-state index is 12.5. The van der Waals surface area contributed by atoms with Crippen LogP contribution >= 0.6 is 15.9 Å². The van der Waals surface area contributed by atoms with Gasteiger partial charge in [0, 0.05) is 36.3 Å². The van der Waals surface area contributed by atoms with Crippen LogP contribution in [0.4, 0.5) is 5.69 Å². The molecule has 1 heterocycles. The van der Waals surface area contributed by atoms with E-state index in [4.69, 9.17) is 12.2 Å². The van der Waals surface area contributed by atoms with Crippen molar-refractivity contribution in [3.8, 4) is 12.3 Å². The molecule has 7 heteroatoms. The van der Waals surface area contributed by atoms with Gasteiger partial charge in [0.1, 0.15) is 0 Å². The van der Waals surface area contributed by atoms with E-state index in [9.17, 15) is 8.42 Å². The molecule has 0 unspecified atom stereocenters. The fourth-order valence-corrected chi connectivity index (χ4v) is 3.79. The van der Waals surface area contributed by atoms with Gasteiger partial charge >= 0.3 is 0 Å². The Morgan fingerprint density at radius 1 is 1.30 bits per heavy atom. The first-order chi connectivity index (χ1) is 9.45. The molecule has 1 aliphatic rings. The molecule has 0 amide bonds. The number of anilines is 1. The minimum Gasteiger partial charge on any atom is -0.398 e. The van der Waals surface area contributed by atoms with E-state index in [1.807, 2.05) is 0 Å². The van der Waals surface area contributed by atoms with Crippen molar-refractivity contribution < 1.29 is 8.42 Å². The predicted molar refractivity (Wildman–Crippen MR) is 82.6 cm³/mol. The van der Waals surface area contributed by atoms with Crippen LogP contribution in [0.5, 0.6) is 0 Å². The van der Waals surface area contributed by atoms with Crippen LogP contribution in [-0.4, -0.2) is 50.3 Å². The molecule has 1 saturated heterocycles. The number of sulfonamides is 1. The SMILES string of the molecule is C#CCN1CCN(S(=O)(=O)c2ccc(Br)c(N)c2)CC1. The molecule has 0 radical (unpaired) electrons. The number of hydrogen-bond donors (Lipinski definition) is 1. The lowest BCUT2D eigenvalue weighted by atomic mass is 10.3. The lowest BCUT2D eigenvalue weighted by Gasteiger charge is -2.32. The van der Waals surface area contributed by atoms with Crippen LogP contribution < -0.4 is 5.73 Å². The number of benzene rings is 1. The second-order valence-corrected chi connectivity index (χ2v) is 7.36. The third kappa shape index (κ3) is 3.15. The van der Waals surface area contributed by atoms with Crippen molar-refractivity contribution in [2.24, 2.45) is 0 Å². The second kappa shape index (κ2) is 6.14. The van der Waals surface area contributed by atoms with E-state index in [0.717, 1.165) is 0 Å². The molecular formula is C13H16BrN3O2S. The highest BCUT2D eigenvalue weighted by Crippen LogP contribution is 2.25. The van der Waals surface area contributed by atoms with Crippen molar-refractivity contribution in [3.63, 3.8) is 0 Å². The molecule has 5 nitrogen and oxygen atoms in total. The number of nitrogens with two attached hydrogens (primary N) is 1. The molecule has 0 aromatic heterocycles. The van der Waals surface area contributed by atoms with Crippen LogP contribution in [0.3, 0.4) is 0 Å². The van der Waals surface area contributed by atoms with Gasteiger partial charge in [-0.25, -0.2) is 8.42 Å². The molecule has 0 aliphatic carbocycles. The maximum absolute atomic E-state index is 12.5. The highest BCUT2D eigenvalue weighted by molar-refractivity contribution is 9.10. The predicted octanol–water partition coefficient (Wildman–Crippen LogP) is 0.971. The molecule has 1 aromatic rings. The average Bonchev–Trinajstić information content (AvgIpc) is 2.43. The van der Waals surface area contributed by atoms with E-state index >= 15 is 0 Å². The Hall–Kier alpha value is -1.07. The van der Waals surface area contributed by atoms with Crippen LogP contribution in [0.25, 0.3) is 0 Å². The van der Waals surface area contributed by atoms with Gasteiger partial charge in [0.05, 0.1) is 11.4 Å². The zero-order chi connectivity index (χ0) is 14.8. The van der Waals surface area contributed by atoms with Gasteiger partial charge in [-0.1, -0.05) is 5.92 Å². The maximum Gasteiger partial charge on any atom is 0.243 e. The average molecular weight is 358 g/mol. The largest absolute Gasteiger partial charge is 0.398 e. The summed E-state index contributed by atoms with van der Waals surface area (Å²) in [6.07, 6.45) is 5.26. The van der Waals surface area contributed by atoms with Crippen molar-refractivity contribution in [1.82, 2.24) is 9.21 Å². The second-order valence-electron chi connectivity index (χ2n) is 4.57. The lowest BCUT2D eigenvalue weighted by molar-refractivity contribution is 0.207. The third-order valence-electron chi connectivity index (χ3n) is 3.25. The summed E-state index contributed by atoms with van der Waals surface area (Å²) >= 11 is 3.26. The molecule has 1 aromatic carbocycles. The van der Waals surface area contributed by atoms with Crippen LogP contribution in [0.15, 0.2) is 27.6 Å². The zero-order valence-corrected chi connectivity index (χ0v) is 13.3. The van der Waals surface area contributed by atoms with Crippen LogP contribution in [0.1, 0.15) is 0 Å². The van der Waals surface area contributed by atoms with Crippen molar-refractivity contribution in [2.45, 2.75) is 4.90 Å². The van der Waals surface area contributed by atoms with E-state index < -0.39 is 10.0 Å². The smallest absolute Gasteiger partial charge is 0.243 e. The monoisotopic (exact) mass is 357 g/mol. The summed E-state index contributed by atoms with van der Waals surface area (Å²) in [6.45, 7) is 2.74. The zero-order valence-electron chi connectivity index (χ0n) is 10.9. The van der Waals surface area contributed by atoms with Crippen molar-refractivity contribution in [3.05, 3.63) is 22.7 Å². The number of nitrogen functional groups attached to an aromatic ring is 1. The fraction of sp³-hybridized carbons (Fsp3) is 0.385. The van der Waals surface area contributed by atoms with E-state index in [2.05, 4.69) is 26.8 Å². The Morgan fingerprint density at radius 2 is 1.95 bits per heavy atom. The number of hydrogen-bond acceptors (Lipinski definition) is 4. The highest BCUT2D eigenvalue weighted by atomic mass is 79.9. The van der Waals surface area contributed by atoms with Gasteiger partial charge in [0.15, 0.2) is 0 Å². The number of terminal acetylenes is 1. The Bertz CT molecular complexity index is 632. The minimum atomic E-state index is -3.49. The molecule has 0 atom stereocenters. The molecule has 20 heavy (non-hydrogen) atoms. The standard InChI is InChI=1S/C13H16BrN3O2S/c1-2-5-16-6-8-17(9-7-16)20(18,19)11-3-4-12(14)13(15)10-11/h1,3-4,10H,5-9,15H2. The van der Waals surface area contributed by atoms with E-state index in [0.29, 0.717) is 42.9 Å². The summed E-state index contributed by atoms with van der Waals surface area (Å²) in [6, 6.07) is 4.69. The van der Waals surface area contributed by atoms with Gasteiger partial charge in [-0.2, -0.15) is 4.31 Å². The Labute approximate surface area is 127 Å².